The summed E-state index contributed by atoms with van der Waals surface area (Å²) in [5, 5.41) is 2.84. The summed E-state index contributed by atoms with van der Waals surface area (Å²) < 4.78 is 16.1. The van der Waals surface area contributed by atoms with E-state index in [1.807, 2.05) is 43.3 Å². The highest BCUT2D eigenvalue weighted by atomic mass is 16.5. The van der Waals surface area contributed by atoms with Crippen LogP contribution in [0.5, 0.6) is 11.5 Å². The van der Waals surface area contributed by atoms with Crippen molar-refractivity contribution in [2.45, 2.75) is 13.0 Å². The first-order chi connectivity index (χ1) is 11.6. The van der Waals surface area contributed by atoms with Crippen LogP contribution in [0.3, 0.4) is 0 Å². The van der Waals surface area contributed by atoms with E-state index in [1.54, 1.807) is 26.4 Å². The zero-order valence-corrected chi connectivity index (χ0v) is 14.2. The largest absolute Gasteiger partial charge is 0.497 e. The Bertz CT molecular complexity index is 672. The van der Waals surface area contributed by atoms with Crippen LogP contribution in [0.25, 0.3) is 0 Å². The molecule has 0 aliphatic heterocycles. The van der Waals surface area contributed by atoms with Gasteiger partial charge < -0.3 is 19.5 Å². The van der Waals surface area contributed by atoms with Crippen LogP contribution in [0.4, 0.5) is 0 Å². The van der Waals surface area contributed by atoms with Crippen molar-refractivity contribution in [2.24, 2.45) is 0 Å². The molecule has 128 valence electrons. The van der Waals surface area contributed by atoms with Crippen molar-refractivity contribution in [2.75, 3.05) is 27.4 Å². The minimum absolute atomic E-state index is 0.0582. The van der Waals surface area contributed by atoms with Gasteiger partial charge in [0.15, 0.2) is 6.61 Å². The van der Waals surface area contributed by atoms with Gasteiger partial charge in [0.05, 0.1) is 13.2 Å². The lowest BCUT2D eigenvalue weighted by atomic mass is 10.0. The first-order valence-corrected chi connectivity index (χ1v) is 7.76. The molecule has 0 saturated heterocycles. The number of hydrogen-bond donors (Lipinski definition) is 1. The summed E-state index contributed by atoms with van der Waals surface area (Å²) in [7, 11) is 3.22. The van der Waals surface area contributed by atoms with Gasteiger partial charge >= 0.3 is 0 Å². The summed E-state index contributed by atoms with van der Waals surface area (Å²) in [4.78, 5) is 12.0. The Morgan fingerprint density at radius 2 is 1.83 bits per heavy atom. The van der Waals surface area contributed by atoms with E-state index in [0.717, 1.165) is 11.1 Å². The molecular formula is C19H23NO4. The molecule has 0 aromatic heterocycles. The van der Waals surface area contributed by atoms with Crippen molar-refractivity contribution in [3.63, 3.8) is 0 Å². The average Bonchev–Trinajstić information content (AvgIpc) is 2.62. The second-order valence-electron chi connectivity index (χ2n) is 5.35. The van der Waals surface area contributed by atoms with Gasteiger partial charge in [-0.1, -0.05) is 30.3 Å². The van der Waals surface area contributed by atoms with Gasteiger partial charge in [-0.3, -0.25) is 4.79 Å². The number of hydrogen-bond acceptors (Lipinski definition) is 4. The van der Waals surface area contributed by atoms with Crippen LogP contribution in [-0.4, -0.2) is 33.3 Å². The summed E-state index contributed by atoms with van der Waals surface area (Å²) in [6.07, 6.45) is -0.188. The Morgan fingerprint density at radius 1 is 1.08 bits per heavy atom. The first kappa shape index (κ1) is 17.8. The van der Waals surface area contributed by atoms with Gasteiger partial charge in [0.1, 0.15) is 11.5 Å². The minimum atomic E-state index is -0.201. The third-order valence-electron chi connectivity index (χ3n) is 3.72. The molecule has 0 aliphatic carbocycles. The molecule has 0 fully saturated rings. The van der Waals surface area contributed by atoms with E-state index < -0.39 is 0 Å². The zero-order chi connectivity index (χ0) is 17.4. The predicted molar refractivity (Wildman–Crippen MR) is 92.4 cm³/mol. The molecule has 2 rings (SSSR count). The average molecular weight is 329 g/mol. The number of nitrogens with one attached hydrogen (secondary N) is 1. The van der Waals surface area contributed by atoms with Crippen LogP contribution in [0.2, 0.25) is 0 Å². The van der Waals surface area contributed by atoms with Gasteiger partial charge in [0.25, 0.3) is 5.91 Å². The highest BCUT2D eigenvalue weighted by molar-refractivity contribution is 5.77. The number of benzene rings is 2. The maximum Gasteiger partial charge on any atom is 0.258 e. The van der Waals surface area contributed by atoms with Crippen LogP contribution < -0.4 is 14.8 Å². The summed E-state index contributed by atoms with van der Waals surface area (Å²) in [6.45, 7) is 2.36. The van der Waals surface area contributed by atoms with E-state index in [0.29, 0.717) is 18.0 Å². The lowest BCUT2D eigenvalue weighted by Gasteiger charge is -2.18. The number of ether oxygens (including phenoxy) is 3. The smallest absolute Gasteiger partial charge is 0.258 e. The Labute approximate surface area is 142 Å². The number of amides is 1. The molecule has 2 aromatic rings. The number of rotatable bonds is 8. The van der Waals surface area contributed by atoms with Crippen molar-refractivity contribution >= 4 is 5.91 Å². The fraction of sp³-hybridized carbons (Fsp3) is 0.316. The number of methoxy groups -OCH3 is 2. The van der Waals surface area contributed by atoms with Gasteiger partial charge in [0, 0.05) is 19.7 Å². The third-order valence-corrected chi connectivity index (χ3v) is 3.72. The third kappa shape index (κ3) is 4.99. The maximum absolute atomic E-state index is 12.0. The first-order valence-electron chi connectivity index (χ1n) is 7.76. The summed E-state index contributed by atoms with van der Waals surface area (Å²) in [5.74, 6) is 1.08. The molecule has 1 N–H and O–H groups in total. The van der Waals surface area contributed by atoms with Crippen molar-refractivity contribution in [3.05, 3.63) is 59.7 Å². The number of carbonyl (C=O) groups is 1. The highest BCUT2D eigenvalue weighted by Crippen LogP contribution is 2.20. The van der Waals surface area contributed by atoms with Gasteiger partial charge in [-0.25, -0.2) is 0 Å². The van der Waals surface area contributed by atoms with Crippen molar-refractivity contribution in [3.8, 4) is 11.5 Å². The van der Waals surface area contributed by atoms with E-state index in [2.05, 4.69) is 5.32 Å². The summed E-state index contributed by atoms with van der Waals surface area (Å²) >= 11 is 0. The van der Waals surface area contributed by atoms with Crippen LogP contribution >= 0.6 is 0 Å². The summed E-state index contributed by atoms with van der Waals surface area (Å²) in [5.41, 5.74) is 2.19. The second-order valence-corrected chi connectivity index (χ2v) is 5.35. The normalized spacial score (nSPS) is 11.6. The van der Waals surface area contributed by atoms with E-state index in [-0.39, 0.29) is 18.6 Å². The summed E-state index contributed by atoms with van der Waals surface area (Å²) in [6, 6.07) is 15.1. The quantitative estimate of drug-likeness (QED) is 0.809. The predicted octanol–water partition coefficient (Wildman–Crippen LogP) is 2.89. The Hall–Kier alpha value is -2.53. The molecule has 0 heterocycles. The Morgan fingerprint density at radius 3 is 2.54 bits per heavy atom. The fourth-order valence-electron chi connectivity index (χ4n) is 2.37. The lowest BCUT2D eigenvalue weighted by Crippen LogP contribution is -2.33. The molecule has 5 nitrogen and oxygen atoms in total. The van der Waals surface area contributed by atoms with Crippen LogP contribution in [-0.2, 0) is 9.53 Å². The molecule has 0 radical (unpaired) electrons. The fourth-order valence-corrected chi connectivity index (χ4v) is 2.37. The molecule has 0 aliphatic rings. The monoisotopic (exact) mass is 329 g/mol. The van der Waals surface area contributed by atoms with Crippen molar-refractivity contribution in [1.29, 1.82) is 0 Å². The van der Waals surface area contributed by atoms with E-state index in [1.165, 1.54) is 0 Å². The lowest BCUT2D eigenvalue weighted by molar-refractivity contribution is -0.123. The van der Waals surface area contributed by atoms with Gasteiger partial charge in [-0.15, -0.1) is 0 Å². The molecule has 1 amide bonds. The molecule has 0 bridgehead atoms. The molecule has 1 atom stereocenters. The zero-order valence-electron chi connectivity index (χ0n) is 14.2. The molecular weight excluding hydrogens is 306 g/mol. The Kier molecular flexibility index (Phi) is 6.63. The van der Waals surface area contributed by atoms with Crippen molar-refractivity contribution < 1.29 is 19.0 Å². The van der Waals surface area contributed by atoms with E-state index in [4.69, 9.17) is 14.2 Å². The topological polar surface area (TPSA) is 56.8 Å². The van der Waals surface area contributed by atoms with Gasteiger partial charge in [-0.2, -0.15) is 0 Å². The molecule has 0 saturated carbocycles. The number of carbonyl (C=O) groups excluding carboxylic acids is 1. The molecule has 0 spiro atoms. The SMILES string of the molecule is COc1cccc(OCC(=O)NC[C@H](OC)c2ccccc2C)c1. The van der Waals surface area contributed by atoms with Crippen LogP contribution in [0.1, 0.15) is 17.2 Å². The van der Waals surface area contributed by atoms with Crippen LogP contribution in [0.15, 0.2) is 48.5 Å². The second kappa shape index (κ2) is 8.93. The molecule has 2 aromatic carbocycles. The highest BCUT2D eigenvalue weighted by Gasteiger charge is 2.14. The van der Waals surface area contributed by atoms with Crippen molar-refractivity contribution in [1.82, 2.24) is 5.32 Å². The maximum atomic E-state index is 12.0. The molecule has 24 heavy (non-hydrogen) atoms. The standard InChI is InChI=1S/C19H23NO4/c1-14-7-4-5-10-17(14)18(23-3)12-20-19(21)13-24-16-9-6-8-15(11-16)22-2/h4-11,18H,12-13H2,1-3H3,(H,20,21)/t18-/m0/s1. The van der Waals surface area contributed by atoms with Crippen LogP contribution in [0, 0.1) is 6.92 Å². The van der Waals surface area contributed by atoms with Gasteiger partial charge in [0.2, 0.25) is 0 Å². The molecule has 0 unspecified atom stereocenters. The molecule has 5 heteroatoms. The van der Waals surface area contributed by atoms with E-state index >= 15 is 0 Å². The minimum Gasteiger partial charge on any atom is -0.497 e. The number of aryl methyl sites for hydroxylation is 1. The Balaban J connectivity index is 1.84. The van der Waals surface area contributed by atoms with E-state index in [9.17, 15) is 4.79 Å². The van der Waals surface area contributed by atoms with Gasteiger partial charge in [-0.05, 0) is 30.2 Å².